The fourth-order valence-corrected chi connectivity index (χ4v) is 0.990. The number of hydrogen-bond donors (Lipinski definition) is 1. The maximum absolute atomic E-state index is 8.84. The Balaban J connectivity index is 0.000000461. The van der Waals surface area contributed by atoms with Gasteiger partial charge < -0.3 is 5.11 Å². The quantitative estimate of drug-likeness (QED) is 0.653. The lowest BCUT2D eigenvalue weighted by molar-refractivity contribution is 0.475. The van der Waals surface area contributed by atoms with E-state index in [1.165, 1.54) is 4.90 Å². The van der Waals surface area contributed by atoms with Crippen LogP contribution in [0.4, 0.5) is 0 Å². The minimum Gasteiger partial charge on any atom is -0.508 e. The molecule has 0 bridgehead atoms. The molecule has 0 radical (unpaired) electrons. The van der Waals surface area contributed by atoms with E-state index < -0.39 is 0 Å². The second-order valence-corrected chi connectivity index (χ2v) is 2.58. The summed E-state index contributed by atoms with van der Waals surface area (Å²) in [6, 6.07) is 7.15. The van der Waals surface area contributed by atoms with Crippen molar-refractivity contribution in [3.8, 4) is 5.75 Å². The van der Waals surface area contributed by atoms with E-state index in [0.717, 1.165) is 0 Å². The summed E-state index contributed by atoms with van der Waals surface area (Å²) in [4.78, 5) is 1.17. The zero-order valence-corrected chi connectivity index (χ0v) is 7.98. The second kappa shape index (κ2) is 6.10. The molecule has 1 nitrogen and oxygen atoms in total. The van der Waals surface area contributed by atoms with Crippen molar-refractivity contribution in [1.82, 2.24) is 0 Å². The molecule has 0 amide bonds. The van der Waals surface area contributed by atoms with Crippen molar-refractivity contribution < 1.29 is 5.11 Å². The summed E-state index contributed by atoms with van der Waals surface area (Å²) >= 11 is 1.67. The van der Waals surface area contributed by atoms with E-state index >= 15 is 0 Å². The third-order valence-corrected chi connectivity index (χ3v) is 1.82. The third kappa shape index (κ3) is 3.94. The molecule has 1 rings (SSSR count). The summed E-state index contributed by atoms with van der Waals surface area (Å²) in [6.07, 6.45) is 2.01. The molecule has 1 aromatic carbocycles. The Morgan fingerprint density at radius 1 is 1.09 bits per heavy atom. The lowest BCUT2D eigenvalue weighted by Gasteiger charge is -1.93. The summed E-state index contributed by atoms with van der Waals surface area (Å²) in [6.45, 7) is 4.00. The number of rotatable bonds is 1. The van der Waals surface area contributed by atoms with Crippen LogP contribution < -0.4 is 0 Å². The predicted molar refractivity (Wildman–Crippen MR) is 51.2 cm³/mol. The molecule has 0 unspecified atom stereocenters. The Morgan fingerprint density at radius 3 is 1.91 bits per heavy atom. The van der Waals surface area contributed by atoms with E-state index in [1.807, 2.05) is 32.2 Å². The average molecular weight is 170 g/mol. The van der Waals surface area contributed by atoms with Gasteiger partial charge in [-0.25, -0.2) is 0 Å². The number of hydrogen-bond acceptors (Lipinski definition) is 2. The highest BCUT2D eigenvalue weighted by Crippen LogP contribution is 2.17. The van der Waals surface area contributed by atoms with Gasteiger partial charge in [0.1, 0.15) is 5.75 Å². The normalized spacial score (nSPS) is 8.27. The molecule has 1 aromatic rings. The van der Waals surface area contributed by atoms with Crippen molar-refractivity contribution in [2.75, 3.05) is 6.26 Å². The molecule has 0 aliphatic heterocycles. The van der Waals surface area contributed by atoms with Gasteiger partial charge in [-0.05, 0) is 30.5 Å². The maximum Gasteiger partial charge on any atom is 0.115 e. The summed E-state index contributed by atoms with van der Waals surface area (Å²) in [5.41, 5.74) is 0. The topological polar surface area (TPSA) is 20.2 Å². The predicted octanol–water partition coefficient (Wildman–Crippen LogP) is 3.14. The fourth-order valence-electron chi connectivity index (χ4n) is 0.582. The van der Waals surface area contributed by atoms with Gasteiger partial charge in [0.15, 0.2) is 0 Å². The molecule has 11 heavy (non-hydrogen) atoms. The van der Waals surface area contributed by atoms with Crippen LogP contribution in [0.2, 0.25) is 0 Å². The molecule has 0 heterocycles. The summed E-state index contributed by atoms with van der Waals surface area (Å²) in [7, 11) is 0. The van der Waals surface area contributed by atoms with E-state index in [-0.39, 0.29) is 0 Å². The van der Waals surface area contributed by atoms with Gasteiger partial charge in [-0.2, -0.15) is 0 Å². The molecule has 0 saturated heterocycles. The van der Waals surface area contributed by atoms with E-state index in [0.29, 0.717) is 5.75 Å². The molecule has 62 valence electrons. The lowest BCUT2D eigenvalue weighted by atomic mass is 10.3. The van der Waals surface area contributed by atoms with Crippen LogP contribution >= 0.6 is 11.8 Å². The molecule has 0 saturated carbocycles. The molecule has 0 atom stereocenters. The van der Waals surface area contributed by atoms with Crippen LogP contribution in [0, 0.1) is 0 Å². The molecule has 1 N–H and O–H groups in total. The van der Waals surface area contributed by atoms with Crippen molar-refractivity contribution >= 4 is 11.8 Å². The monoisotopic (exact) mass is 170 g/mol. The van der Waals surface area contributed by atoms with E-state index in [9.17, 15) is 0 Å². The smallest absolute Gasteiger partial charge is 0.115 e. The van der Waals surface area contributed by atoms with Gasteiger partial charge in [0.25, 0.3) is 0 Å². The van der Waals surface area contributed by atoms with Crippen molar-refractivity contribution in [2.24, 2.45) is 0 Å². The van der Waals surface area contributed by atoms with Crippen LogP contribution in [0.3, 0.4) is 0 Å². The van der Waals surface area contributed by atoms with Crippen LogP contribution in [0.15, 0.2) is 29.2 Å². The minimum atomic E-state index is 0.327. The van der Waals surface area contributed by atoms with Crippen LogP contribution in [0.5, 0.6) is 5.75 Å². The first-order chi connectivity index (χ1) is 5.33. The second-order valence-electron chi connectivity index (χ2n) is 1.70. The summed E-state index contributed by atoms with van der Waals surface area (Å²) in [5.74, 6) is 0.327. The highest BCUT2D eigenvalue weighted by molar-refractivity contribution is 7.98. The largest absolute Gasteiger partial charge is 0.508 e. The first-order valence-electron chi connectivity index (χ1n) is 3.66. The van der Waals surface area contributed by atoms with E-state index in [4.69, 9.17) is 5.11 Å². The van der Waals surface area contributed by atoms with E-state index in [1.54, 1.807) is 23.9 Å². The Morgan fingerprint density at radius 2 is 1.55 bits per heavy atom. The Hall–Kier alpha value is -0.630. The molecular formula is C9H14OS. The molecule has 0 aliphatic carbocycles. The van der Waals surface area contributed by atoms with Gasteiger partial charge in [-0.3, -0.25) is 0 Å². The van der Waals surface area contributed by atoms with Gasteiger partial charge in [0, 0.05) is 4.90 Å². The van der Waals surface area contributed by atoms with Gasteiger partial charge in [0.2, 0.25) is 0 Å². The number of aromatic hydroxyl groups is 1. The number of benzene rings is 1. The Labute approximate surface area is 72.4 Å². The first-order valence-corrected chi connectivity index (χ1v) is 4.88. The number of phenols is 1. The summed E-state index contributed by atoms with van der Waals surface area (Å²) < 4.78 is 0. The van der Waals surface area contributed by atoms with Crippen LogP contribution in [0.1, 0.15) is 13.8 Å². The van der Waals surface area contributed by atoms with Crippen molar-refractivity contribution in [3.63, 3.8) is 0 Å². The van der Waals surface area contributed by atoms with Gasteiger partial charge in [0.05, 0.1) is 0 Å². The number of thioether (sulfide) groups is 1. The van der Waals surface area contributed by atoms with Crippen molar-refractivity contribution in [3.05, 3.63) is 24.3 Å². The van der Waals surface area contributed by atoms with Crippen LogP contribution in [-0.4, -0.2) is 11.4 Å². The fraction of sp³-hybridized carbons (Fsp3) is 0.333. The van der Waals surface area contributed by atoms with Gasteiger partial charge in [-0.15, -0.1) is 11.8 Å². The number of phenolic OH excluding ortho intramolecular Hbond substituents is 1. The zero-order chi connectivity index (χ0) is 8.69. The average Bonchev–Trinajstić information content (AvgIpc) is 2.10. The van der Waals surface area contributed by atoms with Crippen LogP contribution in [-0.2, 0) is 0 Å². The third-order valence-electron chi connectivity index (χ3n) is 1.07. The molecule has 0 spiro atoms. The lowest BCUT2D eigenvalue weighted by Crippen LogP contribution is -1.66. The molecule has 2 heteroatoms. The summed E-state index contributed by atoms with van der Waals surface area (Å²) in [5, 5.41) is 8.84. The highest BCUT2D eigenvalue weighted by Gasteiger charge is 1.87. The van der Waals surface area contributed by atoms with Crippen LogP contribution in [0.25, 0.3) is 0 Å². The SMILES string of the molecule is CC.CSc1ccc(O)cc1. The Bertz CT molecular complexity index is 181. The highest BCUT2D eigenvalue weighted by atomic mass is 32.2. The zero-order valence-electron chi connectivity index (χ0n) is 7.16. The van der Waals surface area contributed by atoms with Crippen molar-refractivity contribution in [2.45, 2.75) is 18.7 Å². The maximum atomic E-state index is 8.84. The standard InChI is InChI=1S/C7H8OS.C2H6/c1-9-7-4-2-6(8)3-5-7;1-2/h2-5,8H,1H3;1-2H3. The molecule has 0 fully saturated rings. The van der Waals surface area contributed by atoms with Gasteiger partial charge in [-0.1, -0.05) is 13.8 Å². The van der Waals surface area contributed by atoms with Gasteiger partial charge >= 0.3 is 0 Å². The molecular weight excluding hydrogens is 156 g/mol. The first kappa shape index (κ1) is 10.4. The van der Waals surface area contributed by atoms with E-state index in [2.05, 4.69) is 0 Å². The Kier molecular flexibility index (Phi) is 5.75. The molecule has 0 aromatic heterocycles. The molecule has 0 aliphatic rings. The minimum absolute atomic E-state index is 0.327. The van der Waals surface area contributed by atoms with Crippen molar-refractivity contribution in [1.29, 1.82) is 0 Å².